The van der Waals surface area contributed by atoms with Crippen LogP contribution < -0.4 is 5.49 Å². The van der Waals surface area contributed by atoms with E-state index in [0.717, 1.165) is 6.54 Å². The minimum Gasteiger partial charge on any atom is -0.358 e. The number of nitrogens with zero attached hydrogens (tertiary/aromatic N) is 8. The number of fused-ring (bicyclic) bond motifs is 1. The number of aromatic nitrogens is 6. The number of hydrogen-bond acceptors (Lipinski definition) is 7. The maximum Gasteiger partial charge on any atom is 0.342 e. The molecular formula is C14H21Cl2N9O2. The van der Waals surface area contributed by atoms with E-state index in [1.54, 1.807) is 29.7 Å². The smallest absolute Gasteiger partial charge is 0.342 e. The molecule has 3 aromatic rings. The van der Waals surface area contributed by atoms with Gasteiger partial charge in [0, 0.05) is 20.1 Å². The van der Waals surface area contributed by atoms with Gasteiger partial charge in [-0.15, -0.1) is 24.8 Å². The van der Waals surface area contributed by atoms with Crippen LogP contribution in [0.4, 0.5) is 5.82 Å². The second kappa shape index (κ2) is 8.46. The van der Waals surface area contributed by atoms with Crippen LogP contribution in [0.5, 0.6) is 0 Å². The van der Waals surface area contributed by atoms with Gasteiger partial charge >= 0.3 is 5.82 Å². The van der Waals surface area contributed by atoms with Crippen LogP contribution in [-0.2, 0) is 20.6 Å². The molecule has 3 heterocycles. The Morgan fingerprint density at radius 1 is 1.26 bits per heavy atom. The number of imidazole rings is 1. The van der Waals surface area contributed by atoms with Gasteiger partial charge in [0.2, 0.25) is 5.82 Å². The molecule has 13 heteroatoms. The van der Waals surface area contributed by atoms with Gasteiger partial charge in [-0.25, -0.2) is 19.2 Å². The summed E-state index contributed by atoms with van der Waals surface area (Å²) in [7, 11) is 7.19. The van der Waals surface area contributed by atoms with Crippen LogP contribution in [0.1, 0.15) is 0 Å². The maximum atomic E-state index is 11.1. The predicted octanol–water partition coefficient (Wildman–Crippen LogP) is 0.963. The van der Waals surface area contributed by atoms with E-state index in [2.05, 4.69) is 15.1 Å². The molecule has 0 fully saturated rings. The van der Waals surface area contributed by atoms with E-state index >= 15 is 0 Å². The van der Waals surface area contributed by atoms with Gasteiger partial charge < -0.3 is 19.6 Å². The first-order chi connectivity index (χ1) is 11.8. The zero-order chi connectivity index (χ0) is 18.3. The van der Waals surface area contributed by atoms with E-state index in [1.165, 1.54) is 10.8 Å². The van der Waals surface area contributed by atoms with Crippen molar-refractivity contribution < 1.29 is 4.92 Å². The normalized spacial score (nSPS) is 10.7. The summed E-state index contributed by atoms with van der Waals surface area (Å²) >= 11 is 0. The van der Waals surface area contributed by atoms with Crippen molar-refractivity contribution in [3.63, 3.8) is 0 Å². The van der Waals surface area contributed by atoms with Crippen molar-refractivity contribution in [1.29, 1.82) is 5.41 Å². The Morgan fingerprint density at radius 2 is 1.93 bits per heavy atom. The van der Waals surface area contributed by atoms with Gasteiger partial charge in [0.25, 0.3) is 0 Å². The molecule has 0 aliphatic rings. The minimum absolute atomic E-state index is 0. The van der Waals surface area contributed by atoms with Crippen LogP contribution in [0, 0.1) is 15.5 Å². The van der Waals surface area contributed by atoms with Crippen LogP contribution >= 0.6 is 24.8 Å². The van der Waals surface area contributed by atoms with Gasteiger partial charge in [-0.1, -0.05) is 0 Å². The monoisotopic (exact) mass is 417 g/mol. The first kappa shape index (κ1) is 22.5. The SMILES string of the molecule is CN(C)CCn1cnc2c(c(-c3ncc([N+](=O)[O-])n3C)nn2C)c1=N.Cl.Cl. The van der Waals surface area contributed by atoms with Gasteiger partial charge in [-0.3, -0.25) is 5.41 Å². The Morgan fingerprint density at radius 3 is 2.48 bits per heavy atom. The summed E-state index contributed by atoms with van der Waals surface area (Å²) in [6.45, 7) is 1.36. The highest BCUT2D eigenvalue weighted by molar-refractivity contribution is 5.88. The number of nitrogens with one attached hydrogen (secondary N) is 1. The molecule has 0 saturated heterocycles. The largest absolute Gasteiger partial charge is 0.358 e. The highest BCUT2D eigenvalue weighted by Crippen LogP contribution is 2.25. The summed E-state index contributed by atoms with van der Waals surface area (Å²) in [5.41, 5.74) is 1.19. The average Bonchev–Trinajstić information content (AvgIpc) is 3.07. The third kappa shape index (κ3) is 3.94. The second-order valence-electron chi connectivity index (χ2n) is 6.02. The van der Waals surface area contributed by atoms with Crippen LogP contribution in [0.15, 0.2) is 12.5 Å². The Labute approximate surface area is 167 Å². The van der Waals surface area contributed by atoms with Gasteiger partial charge in [-0.05, 0) is 19.0 Å². The number of rotatable bonds is 5. The Hall–Kier alpha value is -2.50. The van der Waals surface area contributed by atoms with E-state index in [0.29, 0.717) is 29.1 Å². The van der Waals surface area contributed by atoms with E-state index in [4.69, 9.17) is 5.41 Å². The lowest BCUT2D eigenvalue weighted by Crippen LogP contribution is -2.27. The molecule has 148 valence electrons. The summed E-state index contributed by atoms with van der Waals surface area (Å²) < 4.78 is 4.64. The maximum absolute atomic E-state index is 11.1. The molecule has 0 unspecified atom stereocenters. The van der Waals surface area contributed by atoms with E-state index in [9.17, 15) is 10.1 Å². The van der Waals surface area contributed by atoms with Crippen LogP contribution in [0.2, 0.25) is 0 Å². The predicted molar refractivity (Wildman–Crippen MR) is 104 cm³/mol. The highest BCUT2D eigenvalue weighted by Gasteiger charge is 2.24. The second-order valence-corrected chi connectivity index (χ2v) is 6.02. The number of likely N-dealkylation sites (N-methyl/N-ethyl adjacent to an activating group) is 1. The lowest BCUT2D eigenvalue weighted by atomic mass is 10.2. The number of halogens is 2. The first-order valence-corrected chi connectivity index (χ1v) is 7.59. The lowest BCUT2D eigenvalue weighted by molar-refractivity contribution is -0.391. The topological polar surface area (TPSA) is 124 Å². The third-order valence-electron chi connectivity index (χ3n) is 4.01. The molecular weight excluding hydrogens is 397 g/mol. The molecule has 0 bridgehead atoms. The Bertz CT molecular complexity index is 1020. The van der Waals surface area contributed by atoms with Crippen LogP contribution in [0.25, 0.3) is 22.6 Å². The molecule has 0 saturated carbocycles. The summed E-state index contributed by atoms with van der Waals surface area (Å²) in [4.78, 5) is 21.1. The minimum atomic E-state index is -0.501. The van der Waals surface area contributed by atoms with Crippen molar-refractivity contribution >= 4 is 41.7 Å². The van der Waals surface area contributed by atoms with Gasteiger partial charge in [-0.2, -0.15) is 5.10 Å². The molecule has 0 amide bonds. The average molecular weight is 418 g/mol. The fourth-order valence-corrected chi connectivity index (χ4v) is 2.63. The van der Waals surface area contributed by atoms with Gasteiger partial charge in [0.05, 0.1) is 18.8 Å². The zero-order valence-electron chi connectivity index (χ0n) is 15.3. The van der Waals surface area contributed by atoms with E-state index in [-0.39, 0.29) is 36.1 Å². The highest BCUT2D eigenvalue weighted by atomic mass is 35.5. The number of aryl methyl sites for hydroxylation is 1. The molecule has 0 spiro atoms. The standard InChI is InChI=1S/C14H19N9O2.2ClH/c1-19(2)5-6-22-8-17-13-10(12(22)15)11(18-21(13)4)14-16-7-9(20(14)3)23(24)25;;/h7-8,15H,5-6H2,1-4H3;2*1H. The summed E-state index contributed by atoms with van der Waals surface area (Å²) in [5, 5.41) is 24.5. The van der Waals surface area contributed by atoms with Crippen molar-refractivity contribution in [1.82, 2.24) is 33.8 Å². The first-order valence-electron chi connectivity index (χ1n) is 7.59. The van der Waals surface area contributed by atoms with Crippen LogP contribution in [0.3, 0.4) is 0 Å². The Kier molecular flexibility index (Phi) is 7.06. The molecule has 3 rings (SSSR count). The Balaban J connectivity index is 0.00000182. The molecule has 0 aliphatic carbocycles. The lowest BCUT2D eigenvalue weighted by Gasteiger charge is -2.11. The third-order valence-corrected chi connectivity index (χ3v) is 4.01. The van der Waals surface area contributed by atoms with Gasteiger partial charge in [0.1, 0.15) is 11.7 Å². The molecule has 0 radical (unpaired) electrons. The fourth-order valence-electron chi connectivity index (χ4n) is 2.63. The van der Waals surface area contributed by atoms with Crippen molar-refractivity contribution in [3.8, 4) is 11.5 Å². The number of hydrogen-bond donors (Lipinski definition) is 1. The quantitative estimate of drug-likeness (QED) is 0.486. The molecule has 0 atom stereocenters. The summed E-state index contributed by atoms with van der Waals surface area (Å²) in [6.07, 6.45) is 2.80. The van der Waals surface area contributed by atoms with Gasteiger partial charge in [0.15, 0.2) is 11.3 Å². The zero-order valence-corrected chi connectivity index (χ0v) is 16.9. The number of nitro groups is 1. The fraction of sp³-hybridized carbons (Fsp3) is 0.429. The molecule has 1 N–H and O–H groups in total. The molecule has 0 aliphatic heterocycles. The van der Waals surface area contributed by atoms with Crippen LogP contribution in [-0.4, -0.2) is 59.3 Å². The molecule has 11 nitrogen and oxygen atoms in total. The summed E-state index contributed by atoms with van der Waals surface area (Å²) in [6, 6.07) is 0. The summed E-state index contributed by atoms with van der Waals surface area (Å²) in [5.74, 6) is 0.197. The van der Waals surface area contributed by atoms with Crippen molar-refractivity contribution in [2.24, 2.45) is 14.1 Å². The molecule has 27 heavy (non-hydrogen) atoms. The van der Waals surface area contributed by atoms with E-state index < -0.39 is 4.92 Å². The van der Waals surface area contributed by atoms with E-state index in [1.807, 2.05) is 19.0 Å². The molecule has 3 aromatic heterocycles. The van der Waals surface area contributed by atoms with Crippen molar-refractivity contribution in [2.75, 3.05) is 20.6 Å². The van der Waals surface area contributed by atoms with Crippen molar-refractivity contribution in [2.45, 2.75) is 6.54 Å². The molecule has 0 aromatic carbocycles. The van der Waals surface area contributed by atoms with Crippen molar-refractivity contribution in [3.05, 3.63) is 28.1 Å².